The summed E-state index contributed by atoms with van der Waals surface area (Å²) in [6.07, 6.45) is 4.31. The van der Waals surface area contributed by atoms with Crippen molar-refractivity contribution in [3.63, 3.8) is 0 Å². The molecule has 1 aromatic heterocycles. The predicted octanol–water partition coefficient (Wildman–Crippen LogP) is 1.94. The second-order valence-electron chi connectivity index (χ2n) is 8.04. The Balaban J connectivity index is 1.42. The van der Waals surface area contributed by atoms with Crippen LogP contribution in [-0.2, 0) is 22.5 Å². The Morgan fingerprint density at radius 1 is 1.10 bits per heavy atom. The molecule has 1 amide bonds. The molecule has 2 aliphatic rings. The van der Waals surface area contributed by atoms with Crippen LogP contribution in [0.2, 0.25) is 0 Å². The average Bonchev–Trinajstić information content (AvgIpc) is 3.29. The van der Waals surface area contributed by atoms with Crippen LogP contribution in [-0.4, -0.2) is 39.6 Å². The molecule has 0 unspecified atom stereocenters. The van der Waals surface area contributed by atoms with E-state index in [1.54, 1.807) is 4.90 Å². The molecule has 1 aromatic carbocycles. The van der Waals surface area contributed by atoms with Gasteiger partial charge in [0, 0.05) is 19.7 Å². The van der Waals surface area contributed by atoms with E-state index in [2.05, 4.69) is 12.1 Å². The van der Waals surface area contributed by atoms with Crippen molar-refractivity contribution in [3.05, 3.63) is 68.7 Å². The number of benzene rings is 1. The zero-order chi connectivity index (χ0) is 21.1. The van der Waals surface area contributed by atoms with Crippen molar-refractivity contribution >= 4 is 5.91 Å². The van der Waals surface area contributed by atoms with E-state index in [1.807, 2.05) is 18.2 Å². The Kier molecular flexibility index (Phi) is 6.13. The maximum absolute atomic E-state index is 14.2. The Morgan fingerprint density at radius 3 is 2.50 bits per heavy atom. The van der Waals surface area contributed by atoms with Crippen LogP contribution in [0.4, 0.5) is 4.39 Å². The van der Waals surface area contributed by atoms with E-state index in [-0.39, 0.29) is 5.91 Å². The fourth-order valence-corrected chi connectivity index (χ4v) is 4.28. The first-order chi connectivity index (χ1) is 14.5. The molecule has 0 radical (unpaired) electrons. The number of ether oxygens (including phenoxy) is 1. The van der Waals surface area contributed by atoms with E-state index in [0.29, 0.717) is 36.6 Å². The normalized spacial score (nSPS) is 19.9. The van der Waals surface area contributed by atoms with E-state index in [0.717, 1.165) is 36.4 Å². The summed E-state index contributed by atoms with van der Waals surface area (Å²) in [5, 5.41) is 0. The molecule has 0 spiro atoms. The van der Waals surface area contributed by atoms with Crippen LogP contribution in [0.1, 0.15) is 37.5 Å². The SMILES string of the molecule is O=C(Cn1c(=O)c(F)cn([C@@H]2CCCO2)c1=O)N1CCC(Cc2ccccc2)CC1. The molecule has 0 aliphatic carbocycles. The predicted molar refractivity (Wildman–Crippen MR) is 109 cm³/mol. The number of rotatable bonds is 5. The van der Waals surface area contributed by atoms with Crippen LogP contribution in [0, 0.1) is 11.7 Å². The van der Waals surface area contributed by atoms with E-state index < -0.39 is 29.8 Å². The van der Waals surface area contributed by atoms with Crippen LogP contribution in [0.3, 0.4) is 0 Å². The molecule has 7 nitrogen and oxygen atoms in total. The fraction of sp³-hybridized carbons (Fsp3) is 0.500. The van der Waals surface area contributed by atoms with Gasteiger partial charge in [-0.1, -0.05) is 30.3 Å². The Bertz CT molecular complexity index is 1000. The van der Waals surface area contributed by atoms with Crippen molar-refractivity contribution in [1.29, 1.82) is 0 Å². The second-order valence-corrected chi connectivity index (χ2v) is 8.04. The monoisotopic (exact) mass is 415 g/mol. The Hall–Kier alpha value is -2.74. The van der Waals surface area contributed by atoms with Crippen molar-refractivity contribution in [2.45, 2.75) is 44.9 Å². The number of aromatic nitrogens is 2. The summed E-state index contributed by atoms with van der Waals surface area (Å²) in [6, 6.07) is 10.2. The maximum atomic E-state index is 14.2. The third kappa shape index (κ3) is 4.38. The number of amides is 1. The zero-order valence-electron chi connectivity index (χ0n) is 16.8. The first kappa shape index (κ1) is 20.5. The topological polar surface area (TPSA) is 73.5 Å². The van der Waals surface area contributed by atoms with Crippen molar-refractivity contribution in [3.8, 4) is 0 Å². The quantitative estimate of drug-likeness (QED) is 0.748. The highest BCUT2D eigenvalue weighted by Crippen LogP contribution is 2.22. The average molecular weight is 415 g/mol. The number of halogens is 1. The molecule has 160 valence electrons. The van der Waals surface area contributed by atoms with Gasteiger partial charge in [0.15, 0.2) is 0 Å². The first-order valence-electron chi connectivity index (χ1n) is 10.5. The van der Waals surface area contributed by atoms with Gasteiger partial charge < -0.3 is 9.64 Å². The van der Waals surface area contributed by atoms with Crippen LogP contribution in [0.15, 0.2) is 46.1 Å². The summed E-state index contributed by atoms with van der Waals surface area (Å²) in [7, 11) is 0. The van der Waals surface area contributed by atoms with Gasteiger partial charge >= 0.3 is 5.69 Å². The van der Waals surface area contributed by atoms with Gasteiger partial charge in [-0.05, 0) is 43.6 Å². The number of carbonyl (C=O) groups excluding carboxylic acids is 1. The number of piperidine rings is 1. The minimum atomic E-state index is -1.07. The molecule has 2 aliphatic heterocycles. The molecule has 3 heterocycles. The summed E-state index contributed by atoms with van der Waals surface area (Å²) in [6.45, 7) is 1.17. The van der Waals surface area contributed by atoms with E-state index >= 15 is 0 Å². The highest BCUT2D eigenvalue weighted by molar-refractivity contribution is 5.76. The van der Waals surface area contributed by atoms with Gasteiger partial charge in [-0.25, -0.2) is 9.36 Å². The molecular formula is C22H26FN3O4. The lowest BCUT2D eigenvalue weighted by Gasteiger charge is -2.32. The standard InChI is InChI=1S/C22H26FN3O4/c23-18-14-25(20-7-4-12-30-20)22(29)26(21(18)28)15-19(27)24-10-8-17(9-11-24)13-16-5-2-1-3-6-16/h1-3,5-6,14,17,20H,4,7-13,15H2/t20-/m0/s1. The van der Waals surface area contributed by atoms with E-state index in [1.165, 1.54) is 5.56 Å². The van der Waals surface area contributed by atoms with Gasteiger partial charge in [0.1, 0.15) is 12.8 Å². The molecule has 0 saturated carbocycles. The Labute approximate surface area is 173 Å². The minimum Gasteiger partial charge on any atom is -0.358 e. The van der Waals surface area contributed by atoms with Gasteiger partial charge in [0.25, 0.3) is 5.56 Å². The smallest absolute Gasteiger partial charge is 0.333 e. The molecular weight excluding hydrogens is 389 g/mol. The van der Waals surface area contributed by atoms with Gasteiger partial charge in [0.05, 0.1) is 6.20 Å². The lowest BCUT2D eigenvalue weighted by molar-refractivity contribution is -0.133. The number of hydrogen-bond donors (Lipinski definition) is 0. The van der Waals surface area contributed by atoms with Gasteiger partial charge in [-0.3, -0.25) is 14.2 Å². The van der Waals surface area contributed by atoms with Crippen LogP contribution < -0.4 is 11.2 Å². The number of carbonyl (C=O) groups is 1. The highest BCUT2D eigenvalue weighted by atomic mass is 19.1. The van der Waals surface area contributed by atoms with Crippen molar-refractivity contribution in [1.82, 2.24) is 14.0 Å². The number of likely N-dealkylation sites (tertiary alicyclic amines) is 1. The van der Waals surface area contributed by atoms with Crippen molar-refractivity contribution in [2.24, 2.45) is 5.92 Å². The lowest BCUT2D eigenvalue weighted by atomic mass is 9.90. The minimum absolute atomic E-state index is 0.336. The third-order valence-electron chi connectivity index (χ3n) is 6.00. The number of hydrogen-bond acceptors (Lipinski definition) is 4. The van der Waals surface area contributed by atoms with Crippen molar-refractivity contribution in [2.75, 3.05) is 19.7 Å². The molecule has 1 atom stereocenters. The molecule has 30 heavy (non-hydrogen) atoms. The third-order valence-corrected chi connectivity index (χ3v) is 6.00. The lowest BCUT2D eigenvalue weighted by Crippen LogP contribution is -2.47. The summed E-state index contributed by atoms with van der Waals surface area (Å²) in [4.78, 5) is 39.3. The van der Waals surface area contributed by atoms with Crippen LogP contribution >= 0.6 is 0 Å². The van der Waals surface area contributed by atoms with Crippen molar-refractivity contribution < 1.29 is 13.9 Å². The molecule has 8 heteroatoms. The zero-order valence-corrected chi connectivity index (χ0v) is 16.8. The summed E-state index contributed by atoms with van der Waals surface area (Å²) in [5.74, 6) is -0.901. The van der Waals surface area contributed by atoms with Gasteiger partial charge in [-0.2, -0.15) is 4.39 Å². The molecule has 2 aromatic rings. The van der Waals surface area contributed by atoms with E-state index in [9.17, 15) is 18.8 Å². The fourth-order valence-electron chi connectivity index (χ4n) is 4.28. The van der Waals surface area contributed by atoms with Gasteiger partial charge in [-0.15, -0.1) is 0 Å². The molecule has 0 bridgehead atoms. The summed E-state index contributed by atoms with van der Waals surface area (Å²) in [5.41, 5.74) is -0.495. The van der Waals surface area contributed by atoms with Crippen LogP contribution in [0.5, 0.6) is 0 Å². The van der Waals surface area contributed by atoms with Gasteiger partial charge in [0.2, 0.25) is 11.7 Å². The summed E-state index contributed by atoms with van der Waals surface area (Å²) < 4.78 is 21.4. The highest BCUT2D eigenvalue weighted by Gasteiger charge is 2.26. The maximum Gasteiger partial charge on any atom is 0.333 e. The molecule has 2 saturated heterocycles. The first-order valence-corrected chi connectivity index (χ1v) is 10.5. The molecule has 4 rings (SSSR count). The second kappa shape index (κ2) is 8.95. The van der Waals surface area contributed by atoms with Crippen LogP contribution in [0.25, 0.3) is 0 Å². The molecule has 2 fully saturated rings. The Morgan fingerprint density at radius 2 is 1.83 bits per heavy atom. The van der Waals surface area contributed by atoms with E-state index in [4.69, 9.17) is 4.74 Å². The summed E-state index contributed by atoms with van der Waals surface area (Å²) >= 11 is 0. The molecule has 0 N–H and O–H groups in total. The largest absolute Gasteiger partial charge is 0.358 e. The number of nitrogens with zero attached hydrogens (tertiary/aromatic N) is 3.